The van der Waals surface area contributed by atoms with E-state index in [-0.39, 0.29) is 6.61 Å². The molecule has 0 atom stereocenters. The molecule has 0 fully saturated rings. The van der Waals surface area contributed by atoms with Crippen LogP contribution in [0, 0.1) is 6.92 Å². The van der Waals surface area contributed by atoms with Crippen LogP contribution in [0.2, 0.25) is 0 Å². The van der Waals surface area contributed by atoms with Crippen molar-refractivity contribution in [2.45, 2.75) is 20.0 Å². The molecule has 1 aromatic heterocycles. The topological polar surface area (TPSA) is 128 Å². The van der Waals surface area contributed by atoms with Crippen LogP contribution in [0.5, 0.6) is 0 Å². The lowest BCUT2D eigenvalue weighted by atomic mass is 10.2. The smallest absolute Gasteiger partial charge is 0.145 e. The van der Waals surface area contributed by atoms with Crippen LogP contribution in [-0.2, 0) is 13.1 Å². The zero-order valence-corrected chi connectivity index (χ0v) is 11.4. The quantitative estimate of drug-likeness (QED) is 0.507. The van der Waals surface area contributed by atoms with Gasteiger partial charge in [0, 0.05) is 11.4 Å². The van der Waals surface area contributed by atoms with E-state index in [9.17, 15) is 0 Å². The van der Waals surface area contributed by atoms with Crippen LogP contribution in [0.25, 0.3) is 0 Å². The van der Waals surface area contributed by atoms with Crippen molar-refractivity contribution in [3.63, 3.8) is 0 Å². The predicted molar refractivity (Wildman–Crippen MR) is 81.1 cm³/mol. The monoisotopic (exact) mass is 276 g/mol. The third-order valence-corrected chi connectivity index (χ3v) is 3.11. The number of aryl methyl sites for hydroxylation is 1. The van der Waals surface area contributed by atoms with Gasteiger partial charge in [0.15, 0.2) is 0 Å². The molecule has 1 aromatic carbocycles. The molecule has 0 unspecified atom stereocenters. The van der Waals surface area contributed by atoms with Gasteiger partial charge in [-0.2, -0.15) is 5.10 Å². The van der Waals surface area contributed by atoms with E-state index in [1.165, 1.54) is 4.68 Å². The molecule has 8 N–H and O–H groups in total. The van der Waals surface area contributed by atoms with Gasteiger partial charge in [-0.25, -0.2) is 4.68 Å². The Labute approximate surface area is 117 Å². The Bertz CT molecular complexity index is 607. The van der Waals surface area contributed by atoms with Gasteiger partial charge in [-0.05, 0) is 30.7 Å². The minimum Gasteiger partial charge on any atom is -0.399 e. The first-order valence-electron chi connectivity index (χ1n) is 6.34. The molecule has 0 amide bonds. The van der Waals surface area contributed by atoms with Crippen LogP contribution in [-0.4, -0.2) is 21.5 Å². The molecule has 0 aliphatic rings. The predicted octanol–water partition coefficient (Wildman–Crippen LogP) is 0.543. The molecule has 0 aliphatic carbocycles. The highest BCUT2D eigenvalue weighted by Crippen LogP contribution is 2.22. The molecular weight excluding hydrogens is 256 g/mol. The average molecular weight is 276 g/mol. The summed E-state index contributed by atoms with van der Waals surface area (Å²) in [5.74, 6) is 0.380. The molecule has 0 saturated heterocycles. The highest BCUT2D eigenvalue weighted by Gasteiger charge is 2.12. The third kappa shape index (κ3) is 2.77. The molecule has 0 saturated carbocycles. The summed E-state index contributed by atoms with van der Waals surface area (Å²) in [4.78, 5) is 0. The molecule has 1 heterocycles. The van der Waals surface area contributed by atoms with Gasteiger partial charge in [-0.15, -0.1) is 0 Å². The van der Waals surface area contributed by atoms with Gasteiger partial charge in [0.1, 0.15) is 11.5 Å². The number of nitrogen functional groups attached to an aromatic ring is 3. The van der Waals surface area contributed by atoms with E-state index in [2.05, 4.69) is 10.4 Å². The Kier molecular flexibility index (Phi) is 3.99. The molecule has 0 bridgehead atoms. The molecule has 108 valence electrons. The summed E-state index contributed by atoms with van der Waals surface area (Å²) in [6.45, 7) is 2.73. The summed E-state index contributed by atoms with van der Waals surface area (Å²) in [5.41, 5.74) is 21.3. The minimum absolute atomic E-state index is 0.0325. The molecule has 7 heteroatoms. The summed E-state index contributed by atoms with van der Waals surface area (Å²) in [6, 6.07) is 5.64. The fraction of sp³-hybridized carbons (Fsp3) is 0.308. The number of rotatable bonds is 5. The first kappa shape index (κ1) is 14.0. The number of nitrogens with zero attached hydrogens (tertiary/aromatic N) is 2. The number of aliphatic hydroxyl groups excluding tert-OH is 1. The number of hydrogen-bond donors (Lipinski definition) is 5. The number of hydrogen-bond acceptors (Lipinski definition) is 6. The van der Waals surface area contributed by atoms with Gasteiger partial charge in [-0.1, -0.05) is 0 Å². The first-order valence-corrected chi connectivity index (χ1v) is 6.34. The second-order valence-corrected chi connectivity index (χ2v) is 4.62. The average Bonchev–Trinajstić information content (AvgIpc) is 2.67. The summed E-state index contributed by atoms with van der Waals surface area (Å²) in [7, 11) is 0. The summed E-state index contributed by atoms with van der Waals surface area (Å²) >= 11 is 0. The fourth-order valence-electron chi connectivity index (χ4n) is 2.00. The van der Waals surface area contributed by atoms with Gasteiger partial charge in [0.25, 0.3) is 0 Å². The van der Waals surface area contributed by atoms with E-state index in [1.54, 1.807) is 0 Å². The highest BCUT2D eigenvalue weighted by molar-refractivity contribution is 5.64. The molecule has 2 rings (SSSR count). The largest absolute Gasteiger partial charge is 0.399 e. The second kappa shape index (κ2) is 5.70. The molecule has 0 radical (unpaired) electrons. The van der Waals surface area contributed by atoms with Crippen molar-refractivity contribution < 1.29 is 5.11 Å². The third-order valence-electron chi connectivity index (χ3n) is 3.11. The van der Waals surface area contributed by atoms with E-state index in [4.69, 9.17) is 22.3 Å². The number of nitrogens with two attached hydrogens (primary N) is 3. The SMILES string of the molecule is Cc1cc(N)ccc1NCc1nn(CCO)c(N)c1N. The highest BCUT2D eigenvalue weighted by atomic mass is 16.3. The van der Waals surface area contributed by atoms with Crippen molar-refractivity contribution in [2.75, 3.05) is 29.1 Å². The van der Waals surface area contributed by atoms with Crippen molar-refractivity contribution >= 4 is 22.9 Å². The number of anilines is 4. The van der Waals surface area contributed by atoms with Crippen molar-refractivity contribution in [2.24, 2.45) is 0 Å². The van der Waals surface area contributed by atoms with Crippen molar-refractivity contribution in [1.82, 2.24) is 9.78 Å². The van der Waals surface area contributed by atoms with Gasteiger partial charge in [0.2, 0.25) is 0 Å². The summed E-state index contributed by atoms with van der Waals surface area (Å²) in [5, 5.41) is 16.5. The van der Waals surface area contributed by atoms with Crippen LogP contribution >= 0.6 is 0 Å². The van der Waals surface area contributed by atoms with Gasteiger partial charge in [-0.3, -0.25) is 0 Å². The molecule has 20 heavy (non-hydrogen) atoms. The van der Waals surface area contributed by atoms with Crippen LogP contribution in [0.1, 0.15) is 11.3 Å². The molecular formula is C13H20N6O. The van der Waals surface area contributed by atoms with Crippen LogP contribution < -0.4 is 22.5 Å². The Hall–Kier alpha value is -2.41. The Balaban J connectivity index is 2.12. The molecule has 0 spiro atoms. The zero-order chi connectivity index (χ0) is 14.7. The van der Waals surface area contributed by atoms with E-state index in [0.29, 0.717) is 30.3 Å². The number of aliphatic hydroxyl groups is 1. The lowest BCUT2D eigenvalue weighted by Crippen LogP contribution is -2.08. The minimum atomic E-state index is -0.0325. The normalized spacial score (nSPS) is 10.7. The van der Waals surface area contributed by atoms with E-state index in [0.717, 1.165) is 16.9 Å². The standard InChI is InChI=1S/C13H20N6O/c1-8-6-9(14)2-3-10(8)17-7-11-12(15)13(16)19(18-11)4-5-20/h2-3,6,17,20H,4-5,7,14-16H2,1H3. The van der Waals surface area contributed by atoms with E-state index in [1.807, 2.05) is 25.1 Å². The molecule has 7 nitrogen and oxygen atoms in total. The van der Waals surface area contributed by atoms with Crippen molar-refractivity contribution in [3.05, 3.63) is 29.5 Å². The first-order chi connectivity index (χ1) is 9.52. The second-order valence-electron chi connectivity index (χ2n) is 4.62. The maximum atomic E-state index is 8.93. The van der Waals surface area contributed by atoms with Crippen LogP contribution in [0.3, 0.4) is 0 Å². The lowest BCUT2D eigenvalue weighted by Gasteiger charge is -2.09. The van der Waals surface area contributed by atoms with Crippen molar-refractivity contribution in [3.8, 4) is 0 Å². The van der Waals surface area contributed by atoms with Gasteiger partial charge >= 0.3 is 0 Å². The lowest BCUT2D eigenvalue weighted by molar-refractivity contribution is 0.270. The van der Waals surface area contributed by atoms with Crippen molar-refractivity contribution in [1.29, 1.82) is 0 Å². The maximum absolute atomic E-state index is 8.93. The van der Waals surface area contributed by atoms with Crippen LogP contribution in [0.15, 0.2) is 18.2 Å². The molecule has 2 aromatic rings. The van der Waals surface area contributed by atoms with Gasteiger partial charge < -0.3 is 27.6 Å². The zero-order valence-electron chi connectivity index (χ0n) is 11.4. The fourth-order valence-corrected chi connectivity index (χ4v) is 2.00. The number of aromatic nitrogens is 2. The van der Waals surface area contributed by atoms with E-state index < -0.39 is 0 Å². The van der Waals surface area contributed by atoms with E-state index >= 15 is 0 Å². The number of nitrogens with one attached hydrogen (secondary N) is 1. The Morgan fingerprint density at radius 2 is 2.05 bits per heavy atom. The Morgan fingerprint density at radius 3 is 2.70 bits per heavy atom. The van der Waals surface area contributed by atoms with Crippen LogP contribution in [0.4, 0.5) is 22.9 Å². The van der Waals surface area contributed by atoms with Gasteiger partial charge in [0.05, 0.1) is 25.4 Å². The number of benzene rings is 1. The molecule has 0 aliphatic heterocycles. The summed E-state index contributed by atoms with van der Waals surface area (Å²) < 4.78 is 1.50. The maximum Gasteiger partial charge on any atom is 0.145 e. The Morgan fingerprint density at radius 1 is 1.30 bits per heavy atom. The summed E-state index contributed by atoms with van der Waals surface area (Å²) in [6.07, 6.45) is 0.